The van der Waals surface area contributed by atoms with Gasteiger partial charge in [-0.05, 0) is 17.2 Å². The minimum absolute atomic E-state index is 1.01. The largest absolute Gasteiger partial charge is 0.355 e. The van der Waals surface area contributed by atoms with Crippen LogP contribution in [0.15, 0.2) is 42.5 Å². The van der Waals surface area contributed by atoms with E-state index in [9.17, 15) is 0 Å². The van der Waals surface area contributed by atoms with Crippen molar-refractivity contribution in [1.82, 2.24) is 0 Å². The summed E-state index contributed by atoms with van der Waals surface area (Å²) in [4.78, 5) is 0. The average molecular weight is 180 g/mol. The summed E-state index contributed by atoms with van der Waals surface area (Å²) in [6.45, 7) is 0. The molecule has 1 N–H and O–H groups in total. The van der Waals surface area contributed by atoms with Gasteiger partial charge in [-0.25, -0.2) is 0 Å². The van der Waals surface area contributed by atoms with Crippen molar-refractivity contribution in [3.05, 3.63) is 59.7 Å². The molecule has 0 saturated carbocycles. The third kappa shape index (κ3) is 1.10. The Morgan fingerprint density at radius 2 is 1.86 bits per heavy atom. The minimum Gasteiger partial charge on any atom is -0.355 e. The summed E-state index contributed by atoms with van der Waals surface area (Å²) in [5.41, 5.74) is 5.01. The van der Waals surface area contributed by atoms with Gasteiger partial charge in [-0.15, -0.1) is 0 Å². The summed E-state index contributed by atoms with van der Waals surface area (Å²) in [5, 5.41) is 3.38. The van der Waals surface area contributed by atoms with Crippen molar-refractivity contribution < 1.29 is 0 Å². The molecule has 0 amide bonds. The van der Waals surface area contributed by atoms with Crippen LogP contribution in [-0.2, 0) is 6.42 Å². The zero-order valence-corrected chi connectivity index (χ0v) is 7.75. The van der Waals surface area contributed by atoms with Gasteiger partial charge in [-0.2, -0.15) is 0 Å². The van der Waals surface area contributed by atoms with E-state index in [-0.39, 0.29) is 0 Å². The first-order valence-corrected chi connectivity index (χ1v) is 4.78. The van der Waals surface area contributed by atoms with Crippen molar-refractivity contribution in [2.75, 3.05) is 5.32 Å². The van der Waals surface area contributed by atoms with Gasteiger partial charge >= 0.3 is 0 Å². The SMILES string of the molecule is [c]1cccc2c1Nc1ccccc1C2. The molecule has 0 bridgehead atoms. The van der Waals surface area contributed by atoms with E-state index in [0.717, 1.165) is 12.1 Å². The van der Waals surface area contributed by atoms with Crippen molar-refractivity contribution in [2.45, 2.75) is 6.42 Å². The second-order valence-electron chi connectivity index (χ2n) is 3.53. The van der Waals surface area contributed by atoms with E-state index >= 15 is 0 Å². The van der Waals surface area contributed by atoms with Crippen LogP contribution in [0.5, 0.6) is 0 Å². The molecule has 67 valence electrons. The first-order chi connectivity index (χ1) is 6.93. The van der Waals surface area contributed by atoms with Gasteiger partial charge in [0.05, 0.1) is 5.69 Å². The van der Waals surface area contributed by atoms with Gasteiger partial charge in [0.1, 0.15) is 0 Å². The fourth-order valence-corrected chi connectivity index (χ4v) is 1.87. The van der Waals surface area contributed by atoms with Crippen LogP contribution in [0.1, 0.15) is 11.1 Å². The highest BCUT2D eigenvalue weighted by molar-refractivity contribution is 5.70. The molecule has 0 spiro atoms. The van der Waals surface area contributed by atoms with Crippen LogP contribution in [0.3, 0.4) is 0 Å². The van der Waals surface area contributed by atoms with Crippen LogP contribution in [-0.4, -0.2) is 0 Å². The van der Waals surface area contributed by atoms with Crippen LogP contribution < -0.4 is 5.32 Å². The third-order valence-corrected chi connectivity index (χ3v) is 2.60. The number of hydrogen-bond donors (Lipinski definition) is 1. The highest BCUT2D eigenvalue weighted by Gasteiger charge is 2.12. The zero-order chi connectivity index (χ0) is 9.38. The summed E-state index contributed by atoms with van der Waals surface area (Å²) >= 11 is 0. The van der Waals surface area contributed by atoms with Gasteiger partial charge < -0.3 is 5.32 Å². The number of benzene rings is 2. The van der Waals surface area contributed by atoms with E-state index in [1.54, 1.807) is 0 Å². The third-order valence-electron chi connectivity index (χ3n) is 2.60. The maximum atomic E-state index is 3.38. The molecule has 0 aromatic heterocycles. The Hall–Kier alpha value is -1.76. The topological polar surface area (TPSA) is 12.0 Å². The monoisotopic (exact) mass is 180 g/mol. The molecule has 1 nitrogen and oxygen atoms in total. The van der Waals surface area contributed by atoms with Gasteiger partial charge in [-0.1, -0.05) is 36.4 Å². The lowest BCUT2D eigenvalue weighted by Gasteiger charge is -2.20. The molecule has 1 heterocycles. The second kappa shape index (κ2) is 2.88. The van der Waals surface area contributed by atoms with Crippen LogP contribution >= 0.6 is 0 Å². The Bertz CT molecular complexity index is 387. The predicted octanol–water partition coefficient (Wildman–Crippen LogP) is 3.13. The van der Waals surface area contributed by atoms with Gasteiger partial charge in [0, 0.05) is 18.2 Å². The van der Waals surface area contributed by atoms with Gasteiger partial charge in [-0.3, -0.25) is 0 Å². The molecule has 0 saturated heterocycles. The minimum atomic E-state index is 1.01. The molecule has 0 fully saturated rings. The van der Waals surface area contributed by atoms with Crippen molar-refractivity contribution in [3.8, 4) is 0 Å². The summed E-state index contributed by atoms with van der Waals surface area (Å²) in [6, 6.07) is 17.8. The Labute approximate surface area is 83.4 Å². The van der Waals surface area contributed by atoms with Crippen LogP contribution in [0.4, 0.5) is 11.4 Å². The molecule has 1 radical (unpaired) electrons. The molecular weight excluding hydrogens is 170 g/mol. The highest BCUT2D eigenvalue weighted by Crippen LogP contribution is 2.31. The zero-order valence-electron chi connectivity index (χ0n) is 7.75. The maximum absolute atomic E-state index is 3.38. The quantitative estimate of drug-likeness (QED) is 0.560. The van der Waals surface area contributed by atoms with Crippen LogP contribution in [0, 0.1) is 6.07 Å². The van der Waals surface area contributed by atoms with E-state index in [0.29, 0.717) is 0 Å². The molecule has 1 aliphatic heterocycles. The van der Waals surface area contributed by atoms with Gasteiger partial charge in [0.2, 0.25) is 0 Å². The fourth-order valence-electron chi connectivity index (χ4n) is 1.87. The van der Waals surface area contributed by atoms with Crippen molar-refractivity contribution in [1.29, 1.82) is 0 Å². The number of nitrogens with one attached hydrogen (secondary N) is 1. The smallest absolute Gasteiger partial charge is 0.0500 e. The second-order valence-corrected chi connectivity index (χ2v) is 3.53. The molecule has 2 aromatic rings. The van der Waals surface area contributed by atoms with E-state index in [2.05, 4.69) is 41.7 Å². The summed E-state index contributed by atoms with van der Waals surface area (Å²) < 4.78 is 0. The van der Waals surface area contributed by atoms with E-state index in [1.165, 1.54) is 16.8 Å². The fraction of sp³-hybridized carbons (Fsp3) is 0.0769. The highest BCUT2D eigenvalue weighted by atomic mass is 14.9. The van der Waals surface area contributed by atoms with E-state index in [1.807, 2.05) is 12.1 Å². The summed E-state index contributed by atoms with van der Waals surface area (Å²) in [6.07, 6.45) is 1.01. The maximum Gasteiger partial charge on any atom is 0.0500 e. The van der Waals surface area contributed by atoms with Crippen LogP contribution in [0.2, 0.25) is 0 Å². The Morgan fingerprint density at radius 3 is 2.86 bits per heavy atom. The van der Waals surface area contributed by atoms with Crippen molar-refractivity contribution >= 4 is 11.4 Å². The number of fused-ring (bicyclic) bond motifs is 2. The normalized spacial score (nSPS) is 12.6. The Kier molecular flexibility index (Phi) is 1.57. The first-order valence-electron chi connectivity index (χ1n) is 4.78. The number of rotatable bonds is 0. The molecule has 1 heteroatoms. The summed E-state index contributed by atoms with van der Waals surface area (Å²) in [7, 11) is 0. The lowest BCUT2D eigenvalue weighted by atomic mass is 9.98. The van der Waals surface area contributed by atoms with Crippen molar-refractivity contribution in [2.24, 2.45) is 0 Å². The lowest BCUT2D eigenvalue weighted by molar-refractivity contribution is 1.16. The Balaban J connectivity index is 2.12. The molecule has 0 atom stereocenters. The molecule has 0 unspecified atom stereocenters. The molecule has 1 aliphatic rings. The molecular formula is C13H10N. The summed E-state index contributed by atoms with van der Waals surface area (Å²) in [5.74, 6) is 0. The molecule has 14 heavy (non-hydrogen) atoms. The molecule has 0 aliphatic carbocycles. The van der Waals surface area contributed by atoms with E-state index < -0.39 is 0 Å². The standard InChI is InChI=1S/C13H10N/c1-3-7-12-10(5-1)9-11-6-2-4-8-13(11)14-12/h1-7,14H,9H2. The number of para-hydroxylation sites is 2. The number of anilines is 2. The van der Waals surface area contributed by atoms with E-state index in [4.69, 9.17) is 0 Å². The lowest BCUT2D eigenvalue weighted by Crippen LogP contribution is -2.05. The van der Waals surface area contributed by atoms with Gasteiger partial charge in [0.15, 0.2) is 0 Å². The Morgan fingerprint density at radius 1 is 1.00 bits per heavy atom. The van der Waals surface area contributed by atoms with Crippen LogP contribution in [0.25, 0.3) is 0 Å². The molecule has 3 rings (SSSR count). The average Bonchev–Trinajstić information content (AvgIpc) is 2.26. The van der Waals surface area contributed by atoms with Crippen molar-refractivity contribution in [3.63, 3.8) is 0 Å². The first kappa shape index (κ1) is 7.63. The van der Waals surface area contributed by atoms with Gasteiger partial charge in [0.25, 0.3) is 0 Å². The number of hydrogen-bond acceptors (Lipinski definition) is 1. The molecule has 2 aromatic carbocycles. The predicted molar refractivity (Wildman–Crippen MR) is 57.8 cm³/mol.